The van der Waals surface area contributed by atoms with Gasteiger partial charge in [-0.15, -0.1) is 10.2 Å². The van der Waals surface area contributed by atoms with Crippen LogP contribution in [0.2, 0.25) is 0 Å². The van der Waals surface area contributed by atoms with Crippen LogP contribution < -0.4 is 10.1 Å². The minimum absolute atomic E-state index is 0.312. The van der Waals surface area contributed by atoms with Crippen molar-refractivity contribution in [1.29, 1.82) is 0 Å². The van der Waals surface area contributed by atoms with Crippen molar-refractivity contribution >= 4 is 29.4 Å². The van der Waals surface area contributed by atoms with E-state index in [4.69, 9.17) is 9.15 Å². The molecule has 1 aliphatic heterocycles. The van der Waals surface area contributed by atoms with E-state index in [9.17, 15) is 10.1 Å². The molecule has 0 saturated heterocycles. The number of para-hydroxylation sites is 1. The molecule has 9 nitrogen and oxygen atoms in total. The molecule has 1 aromatic carbocycles. The maximum absolute atomic E-state index is 10.8. The second-order valence-electron chi connectivity index (χ2n) is 7.18. The van der Waals surface area contributed by atoms with E-state index in [1.165, 1.54) is 31.4 Å². The zero-order valence-electron chi connectivity index (χ0n) is 17.6. The van der Waals surface area contributed by atoms with Crippen LogP contribution in [0.4, 0.5) is 11.6 Å². The molecule has 0 spiro atoms. The fourth-order valence-electron chi connectivity index (χ4n) is 3.22. The van der Waals surface area contributed by atoms with Gasteiger partial charge >= 0.3 is 5.88 Å². The van der Waals surface area contributed by atoms with Gasteiger partial charge in [-0.1, -0.05) is 56.1 Å². The Balaban J connectivity index is 1.55. The number of ether oxygens (including phenoxy) is 1. The number of benzene rings is 1. The van der Waals surface area contributed by atoms with Crippen molar-refractivity contribution in [1.82, 2.24) is 15.2 Å². The molecule has 0 bridgehead atoms. The number of anilines is 1. The molecule has 1 N–H and O–H groups in total. The van der Waals surface area contributed by atoms with Gasteiger partial charge < -0.3 is 14.5 Å². The average molecular weight is 454 g/mol. The van der Waals surface area contributed by atoms with Crippen LogP contribution in [-0.2, 0) is 0 Å². The predicted octanol–water partition coefficient (Wildman–Crippen LogP) is 5.56. The van der Waals surface area contributed by atoms with Crippen molar-refractivity contribution in [2.24, 2.45) is 0 Å². The summed E-state index contributed by atoms with van der Waals surface area (Å²) in [6, 6.07) is 10.5. The van der Waals surface area contributed by atoms with Crippen LogP contribution in [0.1, 0.15) is 38.4 Å². The number of nitro groups is 1. The lowest BCUT2D eigenvalue weighted by atomic mass is 10.1. The Morgan fingerprint density at radius 3 is 2.88 bits per heavy atom. The number of nitrogens with zero attached hydrogens (tertiary/aromatic N) is 4. The second-order valence-corrected chi connectivity index (χ2v) is 8.24. The number of fused-ring (bicyclic) bond motifs is 3. The van der Waals surface area contributed by atoms with Gasteiger partial charge in [-0.2, -0.15) is 4.98 Å². The van der Waals surface area contributed by atoms with Crippen molar-refractivity contribution in [3.05, 3.63) is 58.3 Å². The third-order valence-electron chi connectivity index (χ3n) is 4.81. The van der Waals surface area contributed by atoms with Gasteiger partial charge in [-0.3, -0.25) is 10.1 Å². The summed E-state index contributed by atoms with van der Waals surface area (Å²) in [4.78, 5) is 14.9. The molecule has 32 heavy (non-hydrogen) atoms. The predicted molar refractivity (Wildman–Crippen MR) is 123 cm³/mol. The molecular formula is C22H23N5O4S. The van der Waals surface area contributed by atoms with Gasteiger partial charge in [-0.05, 0) is 30.7 Å². The van der Waals surface area contributed by atoms with E-state index >= 15 is 0 Å². The molecule has 0 unspecified atom stereocenters. The molecule has 0 saturated carbocycles. The molecule has 0 fully saturated rings. The fourth-order valence-corrected chi connectivity index (χ4v) is 4.00. The third-order valence-corrected chi connectivity index (χ3v) is 5.73. The molecule has 0 aliphatic carbocycles. The standard InChI is InChI=1S/C22H23N5O4S/c1-2-3-4-7-14-32-22-24-21-20(25-26-22)16-8-5-6-9-17(16)23-18(31-21)12-10-15-11-13-19(30-15)27(28)29/h5-6,8-13,18,23H,2-4,7,14H2,1H3/b12-10+/t18-/m1/s1. The topological polar surface area (TPSA) is 116 Å². The van der Waals surface area contributed by atoms with E-state index in [0.717, 1.165) is 23.4 Å². The number of rotatable bonds is 9. The fraction of sp³-hybridized carbons (Fsp3) is 0.318. The van der Waals surface area contributed by atoms with Gasteiger partial charge in [0.2, 0.25) is 11.0 Å². The molecule has 1 aliphatic rings. The Kier molecular flexibility index (Phi) is 7.00. The monoisotopic (exact) mass is 453 g/mol. The summed E-state index contributed by atoms with van der Waals surface area (Å²) < 4.78 is 11.3. The van der Waals surface area contributed by atoms with Crippen molar-refractivity contribution in [2.45, 2.75) is 44.0 Å². The lowest BCUT2D eigenvalue weighted by Gasteiger charge is -2.15. The number of hydrogen-bond donors (Lipinski definition) is 1. The number of hydrogen-bond acceptors (Lipinski definition) is 9. The van der Waals surface area contributed by atoms with E-state index in [-0.39, 0.29) is 5.88 Å². The van der Waals surface area contributed by atoms with Crippen molar-refractivity contribution in [3.63, 3.8) is 0 Å². The number of aromatic nitrogens is 3. The summed E-state index contributed by atoms with van der Waals surface area (Å²) in [5, 5.41) is 23.4. The van der Waals surface area contributed by atoms with E-state index in [0.29, 0.717) is 22.5 Å². The molecule has 2 aromatic heterocycles. The number of thioether (sulfide) groups is 1. The zero-order chi connectivity index (χ0) is 22.3. The maximum atomic E-state index is 10.8. The van der Waals surface area contributed by atoms with Crippen LogP contribution >= 0.6 is 11.8 Å². The summed E-state index contributed by atoms with van der Waals surface area (Å²) in [7, 11) is 0. The van der Waals surface area contributed by atoms with E-state index in [1.54, 1.807) is 23.9 Å². The minimum Gasteiger partial charge on any atom is -0.448 e. The van der Waals surface area contributed by atoms with Crippen LogP contribution in [0.3, 0.4) is 0 Å². The summed E-state index contributed by atoms with van der Waals surface area (Å²) in [5.41, 5.74) is 2.22. The Bertz CT molecular complexity index is 1120. The highest BCUT2D eigenvalue weighted by molar-refractivity contribution is 7.99. The highest BCUT2D eigenvalue weighted by atomic mass is 32.2. The number of unbranched alkanes of at least 4 members (excludes halogenated alkanes) is 3. The SMILES string of the molecule is CCCCCCSc1nnc2c(n1)O[C@H](/C=C/c1ccc([N+](=O)[O-])o1)Nc1ccccc1-2. The molecule has 0 amide bonds. The number of nitrogens with one attached hydrogen (secondary N) is 1. The van der Waals surface area contributed by atoms with Crippen LogP contribution in [0.25, 0.3) is 17.3 Å². The summed E-state index contributed by atoms with van der Waals surface area (Å²) in [6.45, 7) is 2.19. The summed E-state index contributed by atoms with van der Waals surface area (Å²) in [5.74, 6) is 1.35. The second kappa shape index (κ2) is 10.3. The highest BCUT2D eigenvalue weighted by Crippen LogP contribution is 2.36. The molecule has 0 radical (unpaired) electrons. The van der Waals surface area contributed by atoms with Crippen molar-refractivity contribution in [3.8, 4) is 17.1 Å². The first kappa shape index (κ1) is 21.8. The molecule has 3 aromatic rings. The maximum Gasteiger partial charge on any atom is 0.433 e. The molecule has 166 valence electrons. The van der Waals surface area contributed by atoms with E-state index in [2.05, 4.69) is 27.4 Å². The lowest BCUT2D eigenvalue weighted by molar-refractivity contribution is -0.402. The Hall–Kier alpha value is -3.40. The first-order valence-electron chi connectivity index (χ1n) is 10.5. The quantitative estimate of drug-likeness (QED) is 0.192. The van der Waals surface area contributed by atoms with Gasteiger partial charge in [0, 0.05) is 17.0 Å². The summed E-state index contributed by atoms with van der Waals surface area (Å²) >= 11 is 1.57. The van der Waals surface area contributed by atoms with Crippen LogP contribution in [0.15, 0.2) is 52.0 Å². The van der Waals surface area contributed by atoms with Crippen molar-refractivity contribution < 1.29 is 14.1 Å². The van der Waals surface area contributed by atoms with Gasteiger partial charge in [0.1, 0.15) is 10.7 Å². The Labute approximate surface area is 189 Å². The number of furan rings is 1. The largest absolute Gasteiger partial charge is 0.448 e. The smallest absolute Gasteiger partial charge is 0.433 e. The van der Waals surface area contributed by atoms with Crippen LogP contribution in [0.5, 0.6) is 5.88 Å². The average Bonchev–Trinajstić information content (AvgIpc) is 3.21. The molecule has 1 atom stereocenters. The van der Waals surface area contributed by atoms with Gasteiger partial charge in [0.05, 0.1) is 6.07 Å². The van der Waals surface area contributed by atoms with Crippen LogP contribution in [0, 0.1) is 10.1 Å². The Morgan fingerprint density at radius 1 is 1.19 bits per heavy atom. The van der Waals surface area contributed by atoms with Crippen LogP contribution in [-0.4, -0.2) is 32.1 Å². The van der Waals surface area contributed by atoms with E-state index in [1.807, 2.05) is 24.3 Å². The van der Waals surface area contributed by atoms with Crippen molar-refractivity contribution in [2.75, 3.05) is 11.1 Å². The van der Waals surface area contributed by atoms with Gasteiger partial charge in [-0.25, -0.2) is 0 Å². The molecular weight excluding hydrogens is 430 g/mol. The molecule has 3 heterocycles. The first-order chi connectivity index (χ1) is 15.6. The third kappa shape index (κ3) is 5.25. The summed E-state index contributed by atoms with van der Waals surface area (Å²) in [6.07, 6.45) is 7.47. The Morgan fingerprint density at radius 2 is 2.06 bits per heavy atom. The minimum atomic E-state index is -0.583. The normalized spacial score (nSPS) is 14.8. The van der Waals surface area contributed by atoms with Gasteiger partial charge in [0.15, 0.2) is 11.9 Å². The van der Waals surface area contributed by atoms with Gasteiger partial charge in [0.25, 0.3) is 0 Å². The molecule has 4 rings (SSSR count). The highest BCUT2D eigenvalue weighted by Gasteiger charge is 2.23. The first-order valence-corrected chi connectivity index (χ1v) is 11.4. The molecule has 10 heteroatoms. The van der Waals surface area contributed by atoms with E-state index < -0.39 is 11.2 Å². The lowest BCUT2D eigenvalue weighted by Crippen LogP contribution is -2.23. The zero-order valence-corrected chi connectivity index (χ0v) is 18.4.